The number of hydrogen-bond donors (Lipinski definition) is 0. The zero-order chi connectivity index (χ0) is 18.6. The summed E-state index contributed by atoms with van der Waals surface area (Å²) in [6.07, 6.45) is 0.181. The van der Waals surface area contributed by atoms with Gasteiger partial charge in [-0.3, -0.25) is 4.79 Å². The first-order valence-electron chi connectivity index (χ1n) is 8.05. The SMILES string of the molecule is C=COC(=O)OCCOCCOc1ccc(C(=O)c2ccccc2)cc1. The van der Waals surface area contributed by atoms with Crippen LogP contribution in [0.25, 0.3) is 0 Å². The molecule has 0 aliphatic heterocycles. The van der Waals surface area contributed by atoms with E-state index in [9.17, 15) is 9.59 Å². The Labute approximate surface area is 151 Å². The Morgan fingerprint density at radius 3 is 2.19 bits per heavy atom. The molecule has 0 saturated heterocycles. The van der Waals surface area contributed by atoms with Gasteiger partial charge in [0.1, 0.15) is 19.0 Å². The van der Waals surface area contributed by atoms with Gasteiger partial charge in [0, 0.05) is 11.1 Å². The van der Waals surface area contributed by atoms with Crippen LogP contribution in [0.15, 0.2) is 67.4 Å². The highest BCUT2D eigenvalue weighted by molar-refractivity contribution is 6.08. The first-order chi connectivity index (χ1) is 12.7. The average Bonchev–Trinajstić information content (AvgIpc) is 2.68. The molecule has 6 nitrogen and oxygen atoms in total. The van der Waals surface area contributed by atoms with Crippen molar-refractivity contribution in [1.29, 1.82) is 0 Å². The second-order valence-electron chi connectivity index (χ2n) is 5.06. The van der Waals surface area contributed by atoms with Crippen molar-refractivity contribution < 1.29 is 28.5 Å². The normalized spacial score (nSPS) is 10.0. The molecule has 2 aromatic rings. The Morgan fingerprint density at radius 1 is 0.846 bits per heavy atom. The molecule has 0 N–H and O–H groups in total. The summed E-state index contributed by atoms with van der Waals surface area (Å²) in [6, 6.07) is 16.0. The van der Waals surface area contributed by atoms with Crippen LogP contribution in [-0.2, 0) is 14.2 Å². The van der Waals surface area contributed by atoms with Crippen LogP contribution in [0.2, 0.25) is 0 Å². The molecule has 2 rings (SSSR count). The lowest BCUT2D eigenvalue weighted by molar-refractivity contribution is 0.0363. The molecule has 0 aromatic heterocycles. The van der Waals surface area contributed by atoms with Crippen molar-refractivity contribution in [3.8, 4) is 5.75 Å². The van der Waals surface area contributed by atoms with Gasteiger partial charge in [-0.05, 0) is 24.3 Å². The van der Waals surface area contributed by atoms with Gasteiger partial charge < -0.3 is 18.9 Å². The lowest BCUT2D eigenvalue weighted by Crippen LogP contribution is -2.13. The van der Waals surface area contributed by atoms with Crippen molar-refractivity contribution in [3.05, 3.63) is 78.6 Å². The summed E-state index contributed by atoms with van der Waals surface area (Å²) in [5.41, 5.74) is 1.25. The zero-order valence-electron chi connectivity index (χ0n) is 14.3. The molecule has 136 valence electrons. The van der Waals surface area contributed by atoms with Crippen LogP contribution in [0.5, 0.6) is 5.75 Å². The van der Waals surface area contributed by atoms with Crippen LogP contribution in [0.3, 0.4) is 0 Å². The van der Waals surface area contributed by atoms with Crippen molar-refractivity contribution in [3.63, 3.8) is 0 Å². The van der Waals surface area contributed by atoms with E-state index in [-0.39, 0.29) is 19.0 Å². The molecule has 2 aromatic carbocycles. The van der Waals surface area contributed by atoms with Gasteiger partial charge >= 0.3 is 6.16 Å². The fourth-order valence-corrected chi connectivity index (χ4v) is 2.07. The number of rotatable bonds is 10. The van der Waals surface area contributed by atoms with Crippen LogP contribution < -0.4 is 4.74 Å². The monoisotopic (exact) mass is 356 g/mol. The number of hydrogen-bond acceptors (Lipinski definition) is 6. The number of ketones is 1. The molecule has 0 bridgehead atoms. The van der Waals surface area contributed by atoms with Crippen LogP contribution in [0, 0.1) is 0 Å². The van der Waals surface area contributed by atoms with Gasteiger partial charge in [0.05, 0.1) is 19.5 Å². The van der Waals surface area contributed by atoms with E-state index in [2.05, 4.69) is 16.1 Å². The first-order valence-corrected chi connectivity index (χ1v) is 8.05. The summed E-state index contributed by atoms with van der Waals surface area (Å²) >= 11 is 0. The topological polar surface area (TPSA) is 71.1 Å². The highest BCUT2D eigenvalue weighted by Gasteiger charge is 2.08. The van der Waals surface area contributed by atoms with Crippen molar-refractivity contribution in [2.75, 3.05) is 26.4 Å². The summed E-state index contributed by atoms with van der Waals surface area (Å²) in [7, 11) is 0. The molecular formula is C20H20O6. The minimum atomic E-state index is -0.815. The van der Waals surface area contributed by atoms with Gasteiger partial charge in [0.2, 0.25) is 0 Å². The van der Waals surface area contributed by atoms with Crippen molar-refractivity contribution in [2.45, 2.75) is 0 Å². The van der Waals surface area contributed by atoms with Gasteiger partial charge in [0.15, 0.2) is 5.78 Å². The summed E-state index contributed by atoms with van der Waals surface area (Å²) in [4.78, 5) is 23.2. The standard InChI is InChI=1S/C20H20O6/c1-2-24-20(22)26-15-13-23-12-14-25-18-10-8-17(9-11-18)19(21)16-6-4-3-5-7-16/h2-11H,1,12-15H2. The maximum absolute atomic E-state index is 12.3. The lowest BCUT2D eigenvalue weighted by atomic mass is 10.0. The molecule has 0 radical (unpaired) electrons. The van der Waals surface area contributed by atoms with E-state index in [0.29, 0.717) is 30.1 Å². The zero-order valence-corrected chi connectivity index (χ0v) is 14.3. The second-order valence-corrected chi connectivity index (χ2v) is 5.06. The Balaban J connectivity index is 1.66. The van der Waals surface area contributed by atoms with Crippen molar-refractivity contribution in [2.24, 2.45) is 0 Å². The van der Waals surface area contributed by atoms with Gasteiger partial charge in [-0.1, -0.05) is 36.9 Å². The summed E-state index contributed by atoms with van der Waals surface area (Å²) in [5, 5.41) is 0. The van der Waals surface area contributed by atoms with Crippen LogP contribution in [-0.4, -0.2) is 38.4 Å². The predicted octanol–water partition coefficient (Wildman–Crippen LogP) is 3.61. The molecule has 0 saturated carbocycles. The van der Waals surface area contributed by atoms with Crippen molar-refractivity contribution >= 4 is 11.9 Å². The average molecular weight is 356 g/mol. The smallest absolute Gasteiger partial charge is 0.491 e. The van der Waals surface area contributed by atoms with Gasteiger partial charge in [-0.25, -0.2) is 4.79 Å². The molecule has 0 amide bonds. The predicted molar refractivity (Wildman–Crippen MR) is 95.3 cm³/mol. The van der Waals surface area contributed by atoms with Crippen LogP contribution in [0.4, 0.5) is 4.79 Å². The van der Waals surface area contributed by atoms with E-state index >= 15 is 0 Å². The number of carbonyl (C=O) groups excluding carboxylic acids is 2. The molecule has 0 atom stereocenters. The van der Waals surface area contributed by atoms with E-state index in [0.717, 1.165) is 6.26 Å². The van der Waals surface area contributed by atoms with E-state index in [4.69, 9.17) is 9.47 Å². The fraction of sp³-hybridized carbons (Fsp3) is 0.200. The van der Waals surface area contributed by atoms with Gasteiger partial charge in [-0.15, -0.1) is 0 Å². The molecule has 0 heterocycles. The first kappa shape index (κ1) is 19.2. The third-order valence-corrected chi connectivity index (χ3v) is 3.28. The highest BCUT2D eigenvalue weighted by Crippen LogP contribution is 2.15. The molecule has 0 fully saturated rings. The molecule has 0 spiro atoms. The van der Waals surface area contributed by atoms with E-state index in [1.165, 1.54) is 0 Å². The second kappa shape index (κ2) is 10.7. The third-order valence-electron chi connectivity index (χ3n) is 3.28. The quantitative estimate of drug-likeness (QED) is 0.280. The number of ether oxygens (including phenoxy) is 4. The van der Waals surface area contributed by atoms with Crippen molar-refractivity contribution in [1.82, 2.24) is 0 Å². The Hall–Kier alpha value is -3.12. The Bertz CT molecular complexity index is 709. The Kier molecular flexibility index (Phi) is 7.89. The molecular weight excluding hydrogens is 336 g/mol. The molecule has 0 unspecified atom stereocenters. The van der Waals surface area contributed by atoms with E-state index < -0.39 is 6.16 Å². The highest BCUT2D eigenvalue weighted by atomic mass is 16.7. The lowest BCUT2D eigenvalue weighted by Gasteiger charge is -2.08. The molecule has 0 aliphatic carbocycles. The van der Waals surface area contributed by atoms with E-state index in [1.807, 2.05) is 18.2 Å². The fourth-order valence-electron chi connectivity index (χ4n) is 2.07. The Morgan fingerprint density at radius 2 is 1.50 bits per heavy atom. The molecule has 0 aliphatic rings. The maximum atomic E-state index is 12.3. The summed E-state index contributed by atoms with van der Waals surface area (Å²) < 4.78 is 19.9. The minimum Gasteiger partial charge on any atom is -0.491 e. The molecule has 26 heavy (non-hydrogen) atoms. The molecule has 6 heteroatoms. The summed E-state index contributed by atoms with van der Waals surface area (Å²) in [5.74, 6) is 0.611. The number of carbonyl (C=O) groups is 2. The van der Waals surface area contributed by atoms with Crippen LogP contribution in [0.1, 0.15) is 15.9 Å². The van der Waals surface area contributed by atoms with Gasteiger partial charge in [-0.2, -0.15) is 0 Å². The van der Waals surface area contributed by atoms with E-state index in [1.54, 1.807) is 36.4 Å². The van der Waals surface area contributed by atoms with Crippen LogP contribution >= 0.6 is 0 Å². The maximum Gasteiger partial charge on any atom is 0.513 e. The third kappa shape index (κ3) is 6.41. The minimum absolute atomic E-state index is 0.0320. The largest absolute Gasteiger partial charge is 0.513 e. The summed E-state index contributed by atoms with van der Waals surface area (Å²) in [6.45, 7) is 4.24. The number of benzene rings is 2. The van der Waals surface area contributed by atoms with Gasteiger partial charge in [0.25, 0.3) is 0 Å².